The second kappa shape index (κ2) is 8.99. The molecular weight excluding hydrogens is 516 g/mol. The van der Waals surface area contributed by atoms with Crippen LogP contribution < -0.4 is 9.75 Å². The Morgan fingerprint density at radius 2 is 2.03 bits per heavy atom. The molecule has 1 aromatic heterocycles. The van der Waals surface area contributed by atoms with Crippen LogP contribution in [0.5, 0.6) is 6.01 Å². The number of hydrazone groups is 1. The maximum Gasteiger partial charge on any atom is 0.433 e. The first-order chi connectivity index (χ1) is 18.8. The van der Waals surface area contributed by atoms with Gasteiger partial charge in [0.15, 0.2) is 11.9 Å². The third kappa shape index (κ3) is 4.15. The molecule has 4 heterocycles. The average Bonchev–Trinajstić information content (AvgIpc) is 3.85. The zero-order chi connectivity index (χ0) is 26.9. The van der Waals surface area contributed by atoms with Crippen LogP contribution in [0.1, 0.15) is 65.5 Å². The Hall–Kier alpha value is -3.57. The van der Waals surface area contributed by atoms with Crippen molar-refractivity contribution in [1.82, 2.24) is 14.9 Å². The van der Waals surface area contributed by atoms with E-state index in [2.05, 4.69) is 20.1 Å². The summed E-state index contributed by atoms with van der Waals surface area (Å²) in [5, 5.41) is 5.94. The van der Waals surface area contributed by atoms with E-state index in [9.17, 15) is 22.4 Å². The molecule has 1 aromatic carbocycles. The first kappa shape index (κ1) is 24.5. The van der Waals surface area contributed by atoms with Gasteiger partial charge >= 0.3 is 12.2 Å². The summed E-state index contributed by atoms with van der Waals surface area (Å²) in [7, 11) is 0. The van der Waals surface area contributed by atoms with Gasteiger partial charge in [-0.05, 0) is 67.6 Å². The number of halogens is 4. The molecule has 2 bridgehead atoms. The van der Waals surface area contributed by atoms with Crippen LogP contribution in [0.2, 0.25) is 0 Å². The molecule has 5 aliphatic rings. The Kier molecular flexibility index (Phi) is 5.64. The van der Waals surface area contributed by atoms with Crippen LogP contribution in [0.4, 0.5) is 23.2 Å². The molecule has 3 aliphatic heterocycles. The maximum absolute atomic E-state index is 14.5. The lowest BCUT2D eigenvalue weighted by Crippen LogP contribution is -2.49. The molecule has 0 N–H and O–H groups in total. The monoisotopic (exact) mass is 542 g/mol. The minimum Gasteiger partial charge on any atom is -0.463 e. The number of alkyl halides is 4. The topological polar surface area (TPSA) is 83.3 Å². The minimum absolute atomic E-state index is 0.0673. The molecule has 8 nitrogen and oxygen atoms in total. The summed E-state index contributed by atoms with van der Waals surface area (Å²) < 4.78 is 58.6. The van der Waals surface area contributed by atoms with Crippen LogP contribution in [-0.4, -0.2) is 58.6 Å². The van der Waals surface area contributed by atoms with E-state index < -0.39 is 18.0 Å². The number of anilines is 1. The van der Waals surface area contributed by atoms with Gasteiger partial charge < -0.3 is 9.64 Å². The van der Waals surface area contributed by atoms with Gasteiger partial charge in [-0.25, -0.2) is 14.4 Å². The number of aromatic nitrogens is 2. The molecule has 1 saturated carbocycles. The zero-order valence-corrected chi connectivity index (χ0v) is 20.9. The van der Waals surface area contributed by atoms with Crippen molar-refractivity contribution in [3.05, 3.63) is 46.8 Å². The van der Waals surface area contributed by atoms with Gasteiger partial charge in [-0.2, -0.15) is 23.3 Å². The van der Waals surface area contributed by atoms with Crippen molar-refractivity contribution in [2.24, 2.45) is 27.8 Å². The Morgan fingerprint density at radius 1 is 1.15 bits per heavy atom. The van der Waals surface area contributed by atoms with E-state index in [0.29, 0.717) is 46.6 Å². The van der Waals surface area contributed by atoms with Gasteiger partial charge in [0.05, 0.1) is 24.1 Å². The van der Waals surface area contributed by atoms with Gasteiger partial charge in [0, 0.05) is 30.1 Å². The van der Waals surface area contributed by atoms with Crippen LogP contribution in [0.15, 0.2) is 34.5 Å². The van der Waals surface area contributed by atoms with E-state index in [1.807, 2.05) is 4.90 Å². The van der Waals surface area contributed by atoms with E-state index >= 15 is 0 Å². The summed E-state index contributed by atoms with van der Waals surface area (Å²) in [5.41, 5.74) is 1.12. The fourth-order valence-electron chi connectivity index (χ4n) is 7.03. The van der Waals surface area contributed by atoms with Crippen molar-refractivity contribution in [2.45, 2.75) is 56.5 Å². The molecular formula is C27H26F4N6O2. The summed E-state index contributed by atoms with van der Waals surface area (Å²) in [6, 6.07) is 4.26. The Labute approximate surface area is 221 Å². The molecule has 39 heavy (non-hydrogen) atoms. The van der Waals surface area contributed by atoms with Gasteiger partial charge in [0.2, 0.25) is 0 Å². The number of hydrogen-bond donors (Lipinski definition) is 0. The number of carbonyl (C=O) groups is 1. The number of amides is 1. The molecule has 6 atom stereocenters. The standard InChI is InChI=1S/C27H26F4N6O2/c28-22-16-5-6-18(23(21(16)22)36-13-32-9-10-34-36)25(38)37-15-3-4-17-20(24(17)37)14(12-15)2-1-11-39-26-33-8-7-19(35-26)27(29,30)31/h5-10,14-15,17,20,22,24H,1-4,11-13H2/t14?,15?,17?,20?,22-,24?/m0/s1. The van der Waals surface area contributed by atoms with Crippen molar-refractivity contribution >= 4 is 24.0 Å². The lowest BCUT2D eigenvalue weighted by Gasteiger charge is -2.41. The molecule has 2 aliphatic carbocycles. The molecule has 0 spiro atoms. The molecule has 3 fully saturated rings. The Morgan fingerprint density at radius 3 is 2.82 bits per heavy atom. The third-order valence-corrected chi connectivity index (χ3v) is 8.74. The van der Waals surface area contributed by atoms with Gasteiger partial charge in [0.25, 0.3) is 5.91 Å². The van der Waals surface area contributed by atoms with E-state index in [-0.39, 0.29) is 37.3 Å². The molecule has 7 rings (SSSR count). The third-order valence-electron chi connectivity index (χ3n) is 8.74. The van der Waals surface area contributed by atoms with Gasteiger partial charge in [-0.15, -0.1) is 0 Å². The van der Waals surface area contributed by atoms with E-state index in [1.54, 1.807) is 29.6 Å². The second-order valence-corrected chi connectivity index (χ2v) is 10.8. The Bertz CT molecular complexity index is 1380. The van der Waals surface area contributed by atoms with Crippen molar-refractivity contribution in [1.29, 1.82) is 0 Å². The Balaban J connectivity index is 1.02. The van der Waals surface area contributed by atoms with Crippen LogP contribution >= 0.6 is 0 Å². The molecule has 2 aromatic rings. The molecule has 204 valence electrons. The van der Waals surface area contributed by atoms with Gasteiger partial charge in [-0.3, -0.25) is 9.79 Å². The fraction of sp³-hybridized carbons (Fsp3) is 0.519. The smallest absolute Gasteiger partial charge is 0.433 e. The highest BCUT2D eigenvalue weighted by atomic mass is 19.4. The average molecular weight is 543 g/mol. The highest BCUT2D eigenvalue weighted by Crippen LogP contribution is 2.62. The summed E-state index contributed by atoms with van der Waals surface area (Å²) >= 11 is 0. The second-order valence-electron chi connectivity index (χ2n) is 10.8. The molecule has 2 saturated heterocycles. The number of hydrogen-bond acceptors (Lipinski definition) is 7. The summed E-state index contributed by atoms with van der Waals surface area (Å²) in [4.78, 5) is 27.5. The number of nitrogens with zero attached hydrogens (tertiary/aromatic N) is 6. The van der Waals surface area contributed by atoms with E-state index in [1.165, 1.54) is 0 Å². The largest absolute Gasteiger partial charge is 0.463 e. The number of carbonyl (C=O) groups excluding carboxylic acids is 1. The van der Waals surface area contributed by atoms with Crippen molar-refractivity contribution in [2.75, 3.05) is 18.3 Å². The highest BCUT2D eigenvalue weighted by Gasteiger charge is 2.64. The summed E-state index contributed by atoms with van der Waals surface area (Å²) in [5.74, 6) is 1.20. The van der Waals surface area contributed by atoms with Crippen molar-refractivity contribution in [3.63, 3.8) is 0 Å². The van der Waals surface area contributed by atoms with Crippen molar-refractivity contribution in [3.8, 4) is 6.01 Å². The van der Waals surface area contributed by atoms with Crippen LogP contribution in [0, 0.1) is 17.8 Å². The number of piperidine rings is 2. The first-order valence-electron chi connectivity index (χ1n) is 13.3. The van der Waals surface area contributed by atoms with E-state index in [0.717, 1.165) is 37.9 Å². The van der Waals surface area contributed by atoms with Crippen LogP contribution in [0.25, 0.3) is 0 Å². The zero-order valence-electron chi connectivity index (χ0n) is 20.9. The predicted octanol–water partition coefficient (Wildman–Crippen LogP) is 4.80. The first-order valence-corrected chi connectivity index (χ1v) is 13.3. The van der Waals surface area contributed by atoms with Gasteiger partial charge in [-0.1, -0.05) is 6.07 Å². The fourth-order valence-corrected chi connectivity index (χ4v) is 7.03. The minimum atomic E-state index is -4.54. The lowest BCUT2D eigenvalue weighted by molar-refractivity contribution is -0.141. The predicted molar refractivity (Wildman–Crippen MR) is 134 cm³/mol. The summed E-state index contributed by atoms with van der Waals surface area (Å²) in [6.45, 7) is 0.475. The number of ether oxygens (including phenoxy) is 1. The number of rotatable bonds is 7. The summed E-state index contributed by atoms with van der Waals surface area (Å²) in [6.07, 6.45) is 2.90. The normalized spacial score (nSPS) is 29.7. The molecule has 0 radical (unpaired) electrons. The van der Waals surface area contributed by atoms with Crippen molar-refractivity contribution < 1.29 is 27.1 Å². The molecule has 5 unspecified atom stereocenters. The molecule has 12 heteroatoms. The molecule has 1 amide bonds. The van der Waals surface area contributed by atoms with Gasteiger partial charge in [0.1, 0.15) is 6.67 Å². The quantitative estimate of drug-likeness (QED) is 0.371. The SMILES string of the molecule is O=C(c1ccc2c(c1N1CN=CC=N1)[C@H]2F)N1C2CCC3C(C(CCCOc4nccc(C(F)(F)F)n4)C2)C31. The van der Waals surface area contributed by atoms with Crippen LogP contribution in [0.3, 0.4) is 0 Å². The van der Waals surface area contributed by atoms with Crippen LogP contribution in [-0.2, 0) is 6.18 Å². The number of fused-ring (bicyclic) bond motifs is 3. The number of benzene rings is 1. The maximum atomic E-state index is 14.5. The highest BCUT2D eigenvalue weighted by molar-refractivity contribution is 6.17. The number of aliphatic imine (C=N–C) groups is 1. The lowest BCUT2D eigenvalue weighted by atomic mass is 9.86. The van der Waals surface area contributed by atoms with E-state index in [4.69, 9.17) is 4.74 Å².